The van der Waals surface area contributed by atoms with Gasteiger partial charge in [0.15, 0.2) is 0 Å². The first-order valence-electron chi connectivity index (χ1n) is 25.9. The summed E-state index contributed by atoms with van der Waals surface area (Å²) in [5.41, 5.74) is 12.9. The van der Waals surface area contributed by atoms with Crippen molar-refractivity contribution in [3.8, 4) is 22.7 Å². The SMILES string of the molecule is c1ccc(-n2c3ccc(cc3)c3ccc(cc3)c3ccc(cc3)n(-c3ccccc3)c3cccc(c3)n(-c3ccccc3)c3ccc(cc3)c3ccc(cc3)c3ccc(cc3)n(-c3ccccc3)c3cccc2c3)cc1. The van der Waals surface area contributed by atoms with Crippen LogP contribution in [-0.2, 0) is 0 Å². The first-order chi connectivity index (χ1) is 37.7. The van der Waals surface area contributed by atoms with E-state index < -0.39 is 0 Å². The molecule has 16 bridgehead atoms. The average Bonchev–Trinajstić information content (AvgIpc) is 3.50. The van der Waals surface area contributed by atoms with E-state index in [0.717, 1.165) is 110 Å². The summed E-state index contributed by atoms with van der Waals surface area (Å²) in [6.45, 7) is 0. The smallest absolute Gasteiger partial charge is 0.0482 e. The van der Waals surface area contributed by atoms with Gasteiger partial charge in [-0.05, 0) is 177 Å². The minimum atomic E-state index is 1.06. The molecule has 0 saturated carbocycles. The van der Waals surface area contributed by atoms with E-state index in [2.05, 4.69) is 334 Å². The molecule has 76 heavy (non-hydrogen) atoms. The molecule has 0 N–H and O–H groups in total. The number of hydrogen-bond acceptors (Lipinski definition) is 0. The van der Waals surface area contributed by atoms with Crippen molar-refractivity contribution in [3.05, 3.63) is 315 Å². The first-order valence-corrected chi connectivity index (χ1v) is 25.9. The third kappa shape index (κ3) is 9.17. The lowest BCUT2D eigenvalue weighted by Gasteiger charge is -2.14. The van der Waals surface area contributed by atoms with Gasteiger partial charge < -0.3 is 18.3 Å². The summed E-state index contributed by atoms with van der Waals surface area (Å²) < 4.78 is 9.35. The average molecular weight is 973 g/mol. The number of benzene rings is 12. The summed E-state index contributed by atoms with van der Waals surface area (Å²) in [5, 5.41) is 9.27. The Morgan fingerprint density at radius 1 is 0.132 bits per heavy atom. The van der Waals surface area contributed by atoms with Crippen molar-refractivity contribution < 1.29 is 0 Å². The van der Waals surface area contributed by atoms with Crippen LogP contribution in [0.3, 0.4) is 0 Å². The maximum absolute atomic E-state index is 2.34. The van der Waals surface area contributed by atoms with E-state index >= 15 is 0 Å². The van der Waals surface area contributed by atoms with Crippen LogP contribution in [0.4, 0.5) is 0 Å². The van der Waals surface area contributed by atoms with Crippen LogP contribution in [0.5, 0.6) is 0 Å². The maximum Gasteiger partial charge on any atom is 0.0482 e. The topological polar surface area (TPSA) is 19.7 Å². The van der Waals surface area contributed by atoms with Crippen molar-refractivity contribution >= 4 is 87.2 Å². The zero-order chi connectivity index (χ0) is 50.6. The predicted molar refractivity (Wildman–Crippen MR) is 323 cm³/mol. The molecule has 0 spiro atoms. The van der Waals surface area contributed by atoms with Crippen LogP contribution in [-0.4, -0.2) is 18.3 Å². The molecule has 4 nitrogen and oxygen atoms in total. The summed E-state index contributed by atoms with van der Waals surface area (Å²) in [6.07, 6.45) is 0. The molecule has 0 unspecified atom stereocenters. The van der Waals surface area contributed by atoms with Crippen LogP contribution in [0.2, 0.25) is 0 Å². The van der Waals surface area contributed by atoms with Crippen LogP contribution in [0.15, 0.2) is 315 Å². The summed E-state index contributed by atoms with van der Waals surface area (Å²) >= 11 is 0. The van der Waals surface area contributed by atoms with E-state index in [9.17, 15) is 0 Å². The second kappa shape index (κ2) is 20.4. The molecule has 0 amide bonds. The third-order valence-corrected chi connectivity index (χ3v) is 14.4. The number of aromatic nitrogens is 4. The molecular formula is C72H52N4. The van der Waals surface area contributed by atoms with Gasteiger partial charge in [-0.1, -0.05) is 182 Å². The second-order valence-electron chi connectivity index (χ2n) is 19.1. The molecule has 4 heteroatoms. The molecule has 0 aliphatic heterocycles. The molecule has 0 saturated heterocycles. The molecule has 12 aromatic carbocycles. The van der Waals surface area contributed by atoms with Gasteiger partial charge in [0.2, 0.25) is 0 Å². The summed E-state index contributed by atoms with van der Waals surface area (Å²) in [4.78, 5) is 0. The Morgan fingerprint density at radius 3 is 0.487 bits per heavy atom. The third-order valence-electron chi connectivity index (χ3n) is 14.4. The highest BCUT2D eigenvalue weighted by molar-refractivity contribution is 5.91. The molecule has 0 aliphatic rings. The van der Waals surface area contributed by atoms with Gasteiger partial charge in [0.05, 0.1) is 0 Å². The Hall–Kier alpha value is -10.2. The van der Waals surface area contributed by atoms with Gasteiger partial charge in [-0.3, -0.25) is 0 Å². The summed E-state index contributed by atoms with van der Waals surface area (Å²) in [5.74, 6) is 0. The normalized spacial score (nSPS) is 11.2. The fraction of sp³-hybridized carbons (Fsp3) is 0. The zero-order valence-corrected chi connectivity index (χ0v) is 41.8. The Morgan fingerprint density at radius 2 is 0.303 bits per heavy atom. The number of nitrogens with zero attached hydrogens (tertiary/aromatic N) is 4. The molecule has 10 heterocycles. The second-order valence-corrected chi connectivity index (χ2v) is 19.1. The lowest BCUT2D eigenvalue weighted by Crippen LogP contribution is -1.99. The largest absolute Gasteiger partial charge is 0.310 e. The van der Waals surface area contributed by atoms with Crippen molar-refractivity contribution in [2.75, 3.05) is 0 Å². The van der Waals surface area contributed by atoms with Gasteiger partial charge in [0.25, 0.3) is 0 Å². The fourth-order valence-corrected chi connectivity index (χ4v) is 10.6. The molecule has 0 radical (unpaired) electrons. The van der Waals surface area contributed by atoms with Gasteiger partial charge >= 0.3 is 0 Å². The quantitative estimate of drug-likeness (QED) is 0.167. The molecule has 0 fully saturated rings. The standard InChI is InChI=1S/C72H52N4/c1-5-15-61(16-6-1)73-65-43-35-57(36-44-65)53-27-29-54(30-28-53)59-39-47-67(48-40-59)75(63-19-9-3-10-20-63)71-25-14-26-72(52-71)76(64-21-11-4-12-22-64)68-49-41-60(42-50-68)56-33-31-55(32-34-56)58-37-45-66(46-38-58)74(62-17-7-2-8-18-62)70-24-13-23-69(73)51-70/h1-52H. The number of rotatable bonds is 4. The maximum atomic E-state index is 2.34. The monoisotopic (exact) mass is 972 g/mol. The van der Waals surface area contributed by atoms with E-state index in [0.29, 0.717) is 0 Å². The van der Waals surface area contributed by atoms with E-state index in [1.807, 2.05) is 0 Å². The minimum Gasteiger partial charge on any atom is -0.310 e. The molecule has 10 aromatic heterocycles. The fourth-order valence-electron chi connectivity index (χ4n) is 10.6. The molecule has 0 atom stereocenters. The van der Waals surface area contributed by atoms with E-state index in [-0.39, 0.29) is 0 Å². The van der Waals surface area contributed by atoms with Gasteiger partial charge in [-0.25, -0.2) is 0 Å². The Labute approximate surface area is 441 Å². The van der Waals surface area contributed by atoms with Crippen LogP contribution < -0.4 is 0 Å². The minimum absolute atomic E-state index is 1.06. The van der Waals surface area contributed by atoms with Crippen molar-refractivity contribution in [3.63, 3.8) is 0 Å². The van der Waals surface area contributed by atoms with E-state index in [1.165, 1.54) is 0 Å². The van der Waals surface area contributed by atoms with Gasteiger partial charge in [0.1, 0.15) is 0 Å². The van der Waals surface area contributed by atoms with Crippen LogP contribution in [0.1, 0.15) is 0 Å². The highest BCUT2D eigenvalue weighted by Gasteiger charge is 2.07. The van der Waals surface area contributed by atoms with Crippen molar-refractivity contribution in [2.24, 2.45) is 0 Å². The summed E-state index contributed by atoms with van der Waals surface area (Å²) in [7, 11) is 0. The van der Waals surface area contributed by atoms with Crippen molar-refractivity contribution in [2.45, 2.75) is 0 Å². The lowest BCUT2D eigenvalue weighted by atomic mass is 10.1. The molecular weight excluding hydrogens is 921 g/mol. The van der Waals surface area contributed by atoms with Crippen LogP contribution in [0.25, 0.3) is 110 Å². The van der Waals surface area contributed by atoms with Crippen molar-refractivity contribution in [1.29, 1.82) is 0 Å². The molecule has 22 aromatic rings. The number of para-hydroxylation sites is 4. The summed E-state index contributed by atoms with van der Waals surface area (Å²) in [6, 6.07) is 114. The Kier molecular flexibility index (Phi) is 12.3. The highest BCUT2D eigenvalue weighted by Crippen LogP contribution is 2.27. The van der Waals surface area contributed by atoms with Gasteiger partial charge in [-0.2, -0.15) is 0 Å². The van der Waals surface area contributed by atoms with Crippen molar-refractivity contribution in [1.82, 2.24) is 18.3 Å². The van der Waals surface area contributed by atoms with Gasteiger partial charge in [-0.15, -0.1) is 0 Å². The predicted octanol–water partition coefficient (Wildman–Crippen LogP) is 19.1. The lowest BCUT2D eigenvalue weighted by molar-refractivity contribution is 1.14. The first kappa shape index (κ1) is 45.7. The highest BCUT2D eigenvalue weighted by atomic mass is 15.0. The Bertz CT molecular complexity index is 3910. The van der Waals surface area contributed by atoms with E-state index in [1.54, 1.807) is 0 Å². The number of hydrogen-bond donors (Lipinski definition) is 0. The van der Waals surface area contributed by atoms with Crippen LogP contribution in [0, 0.1) is 0 Å². The Balaban J connectivity index is 1.07. The zero-order valence-electron chi connectivity index (χ0n) is 41.8. The molecule has 22 rings (SSSR count). The van der Waals surface area contributed by atoms with Crippen LogP contribution >= 0.6 is 0 Å². The van der Waals surface area contributed by atoms with Gasteiger partial charge in [0, 0.05) is 66.9 Å². The molecule has 360 valence electrons. The van der Waals surface area contributed by atoms with E-state index in [4.69, 9.17) is 0 Å². The molecule has 0 aliphatic carbocycles.